The predicted molar refractivity (Wildman–Crippen MR) is 83.6 cm³/mol. The molecule has 0 aliphatic heterocycles. The summed E-state index contributed by atoms with van der Waals surface area (Å²) in [6.45, 7) is 11.2. The van der Waals surface area contributed by atoms with Gasteiger partial charge in [0.05, 0.1) is 0 Å². The van der Waals surface area contributed by atoms with Crippen LogP contribution in [0.4, 0.5) is 0 Å². The van der Waals surface area contributed by atoms with E-state index in [4.69, 9.17) is 0 Å². The van der Waals surface area contributed by atoms with Gasteiger partial charge in [-0.2, -0.15) is 0 Å². The zero-order valence-corrected chi connectivity index (χ0v) is 13.1. The van der Waals surface area contributed by atoms with Crippen LogP contribution >= 0.6 is 11.8 Å². The third-order valence-electron chi connectivity index (χ3n) is 3.02. The van der Waals surface area contributed by atoms with E-state index in [1.165, 1.54) is 28.9 Å². The minimum absolute atomic E-state index is 0.830. The van der Waals surface area contributed by atoms with E-state index in [0.29, 0.717) is 0 Å². The van der Waals surface area contributed by atoms with Crippen molar-refractivity contribution in [1.82, 2.24) is 5.32 Å². The molecule has 0 bridgehead atoms. The van der Waals surface area contributed by atoms with Crippen molar-refractivity contribution in [3.05, 3.63) is 29.3 Å². The lowest BCUT2D eigenvalue weighted by molar-refractivity contribution is 0.534. The van der Waals surface area contributed by atoms with Crippen LogP contribution in [-0.4, -0.2) is 18.8 Å². The van der Waals surface area contributed by atoms with Crippen LogP contribution in [0, 0.1) is 19.8 Å². The molecule has 1 N–H and O–H groups in total. The number of aryl methyl sites for hydroxylation is 2. The second kappa shape index (κ2) is 8.60. The van der Waals surface area contributed by atoms with E-state index in [1.807, 2.05) is 11.8 Å². The molecule has 0 amide bonds. The van der Waals surface area contributed by atoms with Gasteiger partial charge in [-0.25, -0.2) is 0 Å². The van der Waals surface area contributed by atoms with Crippen molar-refractivity contribution in [2.75, 3.05) is 18.8 Å². The fourth-order valence-electron chi connectivity index (χ4n) is 1.86. The Kier molecular flexibility index (Phi) is 7.45. The van der Waals surface area contributed by atoms with Crippen molar-refractivity contribution in [3.8, 4) is 0 Å². The molecule has 0 atom stereocenters. The predicted octanol–water partition coefficient (Wildman–Crippen LogP) is 4.42. The molecule has 0 heterocycles. The Labute approximate surface area is 117 Å². The molecular formula is C16H27NS. The standard InChI is InChI=1S/C16H27NS/c1-13(2)6-5-9-17-10-11-18-16-12-14(3)7-8-15(16)4/h7-8,12-13,17H,5-6,9-11H2,1-4H3. The second-order valence-corrected chi connectivity index (χ2v) is 6.54. The molecule has 0 saturated carbocycles. The molecule has 1 rings (SSSR count). The average molecular weight is 265 g/mol. The summed E-state index contributed by atoms with van der Waals surface area (Å²) < 4.78 is 0. The highest BCUT2D eigenvalue weighted by Gasteiger charge is 1.99. The summed E-state index contributed by atoms with van der Waals surface area (Å²) >= 11 is 1.96. The third kappa shape index (κ3) is 6.46. The molecule has 0 aliphatic carbocycles. The highest BCUT2D eigenvalue weighted by atomic mass is 32.2. The van der Waals surface area contributed by atoms with E-state index in [1.54, 1.807) is 0 Å². The molecule has 0 aromatic heterocycles. The molecule has 18 heavy (non-hydrogen) atoms. The van der Waals surface area contributed by atoms with Crippen molar-refractivity contribution in [2.45, 2.75) is 45.4 Å². The van der Waals surface area contributed by atoms with Crippen LogP contribution in [0.15, 0.2) is 23.1 Å². The van der Waals surface area contributed by atoms with Crippen LogP contribution in [0.3, 0.4) is 0 Å². The number of benzene rings is 1. The summed E-state index contributed by atoms with van der Waals surface area (Å²) in [5.41, 5.74) is 2.75. The highest BCUT2D eigenvalue weighted by molar-refractivity contribution is 7.99. The van der Waals surface area contributed by atoms with E-state index >= 15 is 0 Å². The SMILES string of the molecule is Cc1ccc(C)c(SCCNCCCC(C)C)c1. The number of rotatable bonds is 8. The first-order valence-electron chi connectivity index (χ1n) is 7.00. The molecule has 1 nitrogen and oxygen atoms in total. The maximum atomic E-state index is 3.52. The van der Waals surface area contributed by atoms with Gasteiger partial charge >= 0.3 is 0 Å². The van der Waals surface area contributed by atoms with Gasteiger partial charge in [-0.05, 0) is 50.8 Å². The van der Waals surface area contributed by atoms with Crippen LogP contribution in [0.2, 0.25) is 0 Å². The van der Waals surface area contributed by atoms with Gasteiger partial charge in [-0.15, -0.1) is 11.8 Å². The van der Waals surface area contributed by atoms with Crippen molar-refractivity contribution in [2.24, 2.45) is 5.92 Å². The highest BCUT2D eigenvalue weighted by Crippen LogP contribution is 2.22. The first kappa shape index (κ1) is 15.6. The van der Waals surface area contributed by atoms with Crippen molar-refractivity contribution in [1.29, 1.82) is 0 Å². The Bertz CT molecular complexity index is 347. The number of nitrogens with one attached hydrogen (secondary N) is 1. The molecule has 102 valence electrons. The van der Waals surface area contributed by atoms with Gasteiger partial charge in [0.15, 0.2) is 0 Å². The quantitative estimate of drug-likeness (QED) is 0.551. The minimum atomic E-state index is 0.830. The topological polar surface area (TPSA) is 12.0 Å². The number of thioether (sulfide) groups is 1. The third-order valence-corrected chi connectivity index (χ3v) is 4.17. The Morgan fingerprint density at radius 2 is 1.94 bits per heavy atom. The van der Waals surface area contributed by atoms with Gasteiger partial charge in [-0.3, -0.25) is 0 Å². The van der Waals surface area contributed by atoms with Crippen molar-refractivity contribution < 1.29 is 0 Å². The molecule has 0 aliphatic rings. The summed E-state index contributed by atoms with van der Waals surface area (Å²) in [5, 5.41) is 3.52. The zero-order valence-electron chi connectivity index (χ0n) is 12.3. The fraction of sp³-hybridized carbons (Fsp3) is 0.625. The maximum Gasteiger partial charge on any atom is 0.0106 e. The van der Waals surface area contributed by atoms with Crippen LogP contribution in [0.5, 0.6) is 0 Å². The monoisotopic (exact) mass is 265 g/mol. The van der Waals surface area contributed by atoms with Gasteiger partial charge in [0.1, 0.15) is 0 Å². The van der Waals surface area contributed by atoms with Crippen molar-refractivity contribution in [3.63, 3.8) is 0 Å². The smallest absolute Gasteiger partial charge is 0.0106 e. The van der Waals surface area contributed by atoms with E-state index < -0.39 is 0 Å². The summed E-state index contributed by atoms with van der Waals surface area (Å²) in [4.78, 5) is 1.43. The van der Waals surface area contributed by atoms with Crippen LogP contribution in [0.25, 0.3) is 0 Å². The van der Waals surface area contributed by atoms with Crippen LogP contribution < -0.4 is 5.32 Å². The maximum absolute atomic E-state index is 3.52. The summed E-state index contributed by atoms with van der Waals surface area (Å²) in [5.74, 6) is 1.99. The average Bonchev–Trinajstić information content (AvgIpc) is 2.32. The summed E-state index contributed by atoms with van der Waals surface area (Å²) in [6, 6.07) is 6.69. The number of hydrogen-bond acceptors (Lipinski definition) is 2. The minimum Gasteiger partial charge on any atom is -0.316 e. The molecule has 1 aromatic carbocycles. The second-order valence-electron chi connectivity index (χ2n) is 5.40. The molecule has 0 fully saturated rings. The van der Waals surface area contributed by atoms with Gasteiger partial charge in [0, 0.05) is 17.2 Å². The van der Waals surface area contributed by atoms with E-state index in [0.717, 1.165) is 24.8 Å². The van der Waals surface area contributed by atoms with Gasteiger partial charge in [0.2, 0.25) is 0 Å². The first-order valence-corrected chi connectivity index (χ1v) is 7.99. The lowest BCUT2D eigenvalue weighted by atomic mass is 10.1. The largest absolute Gasteiger partial charge is 0.316 e. The Hall–Kier alpha value is -0.470. The molecule has 2 heteroatoms. The zero-order chi connectivity index (χ0) is 13.4. The summed E-state index contributed by atoms with van der Waals surface area (Å²) in [7, 11) is 0. The van der Waals surface area contributed by atoms with E-state index in [9.17, 15) is 0 Å². The molecule has 1 aromatic rings. The molecule has 0 unspecified atom stereocenters. The molecule has 0 saturated heterocycles. The summed E-state index contributed by atoms with van der Waals surface area (Å²) in [6.07, 6.45) is 2.63. The normalized spacial score (nSPS) is 11.2. The number of hydrogen-bond donors (Lipinski definition) is 1. The first-order chi connectivity index (χ1) is 8.59. The Balaban J connectivity index is 2.12. The van der Waals surface area contributed by atoms with E-state index in [-0.39, 0.29) is 0 Å². The van der Waals surface area contributed by atoms with Gasteiger partial charge < -0.3 is 5.32 Å². The molecular weight excluding hydrogens is 238 g/mol. The Morgan fingerprint density at radius 3 is 2.67 bits per heavy atom. The molecule has 0 spiro atoms. The van der Waals surface area contributed by atoms with E-state index in [2.05, 4.69) is 51.2 Å². The fourth-order valence-corrected chi connectivity index (χ4v) is 2.89. The van der Waals surface area contributed by atoms with Crippen molar-refractivity contribution >= 4 is 11.8 Å². The van der Waals surface area contributed by atoms with Gasteiger partial charge in [0.25, 0.3) is 0 Å². The van der Waals surface area contributed by atoms with Crippen LogP contribution in [0.1, 0.15) is 37.8 Å². The Morgan fingerprint density at radius 1 is 1.17 bits per heavy atom. The lowest BCUT2D eigenvalue weighted by Crippen LogP contribution is -2.18. The van der Waals surface area contributed by atoms with Crippen LogP contribution in [-0.2, 0) is 0 Å². The van der Waals surface area contributed by atoms with Gasteiger partial charge in [-0.1, -0.05) is 31.5 Å². The lowest BCUT2D eigenvalue weighted by Gasteiger charge is -2.08. The molecule has 0 radical (unpaired) electrons.